The normalized spacial score (nSPS) is 32.5. The van der Waals surface area contributed by atoms with Gasteiger partial charge in [-0.05, 0) is 13.0 Å². The molecule has 2 aliphatic heterocycles. The van der Waals surface area contributed by atoms with Gasteiger partial charge in [-0.25, -0.2) is 0 Å². The molecule has 69 valence electrons. The smallest absolute Gasteiger partial charge is 0.0936 e. The van der Waals surface area contributed by atoms with Crippen LogP contribution in [0, 0.1) is 6.92 Å². The van der Waals surface area contributed by atoms with Gasteiger partial charge in [0.2, 0.25) is 0 Å². The average Bonchev–Trinajstić information content (AvgIpc) is 2.82. The Morgan fingerprint density at radius 1 is 1.17 bits per heavy atom. The third kappa shape index (κ3) is 2.73. The van der Waals surface area contributed by atoms with Gasteiger partial charge in [0, 0.05) is 13.1 Å². The zero-order chi connectivity index (χ0) is 8.39. The van der Waals surface area contributed by atoms with Gasteiger partial charge in [0.1, 0.15) is 0 Å². The minimum atomic E-state index is 0.496. The maximum Gasteiger partial charge on any atom is 0.0936 e. The van der Waals surface area contributed by atoms with Gasteiger partial charge in [0.25, 0.3) is 0 Å². The van der Waals surface area contributed by atoms with E-state index in [-0.39, 0.29) is 0 Å². The Hall–Kier alpha value is -0.120. The predicted octanol–water partition coefficient (Wildman–Crippen LogP) is 0.310. The molecule has 0 aromatic heterocycles. The molecule has 2 unspecified atom stereocenters. The zero-order valence-corrected chi connectivity index (χ0v) is 7.37. The molecule has 0 saturated carbocycles. The predicted molar refractivity (Wildman–Crippen MR) is 45.9 cm³/mol. The fraction of sp³-hybridized carbons (Fsp3) is 0.889. The molecule has 2 heterocycles. The first-order chi connectivity index (χ1) is 5.88. The summed E-state index contributed by atoms with van der Waals surface area (Å²) >= 11 is 0. The van der Waals surface area contributed by atoms with E-state index in [1.165, 1.54) is 0 Å². The third-order valence-corrected chi connectivity index (χ3v) is 2.20. The molecule has 1 radical (unpaired) electrons. The fourth-order valence-electron chi connectivity index (χ4n) is 1.40. The first-order valence-corrected chi connectivity index (χ1v) is 4.63. The van der Waals surface area contributed by atoms with E-state index in [1.54, 1.807) is 0 Å². The molecule has 0 N–H and O–H groups in total. The summed E-state index contributed by atoms with van der Waals surface area (Å²) in [6.45, 7) is 8.94. The molecule has 0 amide bonds. The van der Waals surface area contributed by atoms with Crippen LogP contribution >= 0.6 is 0 Å². The Bertz CT molecular complexity index is 129. The summed E-state index contributed by atoms with van der Waals surface area (Å²) in [6, 6.07) is 0. The molecule has 2 saturated heterocycles. The van der Waals surface area contributed by atoms with E-state index >= 15 is 0 Å². The second-order valence-corrected chi connectivity index (χ2v) is 3.52. The van der Waals surface area contributed by atoms with E-state index in [4.69, 9.17) is 9.47 Å². The molecule has 2 atom stereocenters. The Morgan fingerprint density at radius 3 is 2.00 bits per heavy atom. The van der Waals surface area contributed by atoms with E-state index < -0.39 is 0 Å². The molecule has 3 nitrogen and oxygen atoms in total. The molecule has 0 aromatic carbocycles. The van der Waals surface area contributed by atoms with Gasteiger partial charge in [-0.1, -0.05) is 6.92 Å². The van der Waals surface area contributed by atoms with Gasteiger partial charge >= 0.3 is 0 Å². The van der Waals surface area contributed by atoms with Crippen LogP contribution in [0.2, 0.25) is 0 Å². The minimum absolute atomic E-state index is 0.496. The summed E-state index contributed by atoms with van der Waals surface area (Å²) in [5.74, 6) is 0. The number of ether oxygens (including phenoxy) is 2. The molecule has 2 fully saturated rings. The SMILES string of the molecule is [CH2]CCN(CC1CO1)CC1CO1. The van der Waals surface area contributed by atoms with Crippen LogP contribution < -0.4 is 0 Å². The standard InChI is InChI=1S/C9H16NO2/c1-2-3-10(4-8-6-11-8)5-9-7-12-9/h8-9H,1-7H2. The van der Waals surface area contributed by atoms with Gasteiger partial charge in [0.05, 0.1) is 25.4 Å². The summed E-state index contributed by atoms with van der Waals surface area (Å²) in [5.41, 5.74) is 0. The monoisotopic (exact) mass is 170 g/mol. The van der Waals surface area contributed by atoms with Crippen LogP contribution in [-0.2, 0) is 9.47 Å². The van der Waals surface area contributed by atoms with Crippen molar-refractivity contribution in [2.75, 3.05) is 32.8 Å². The highest BCUT2D eigenvalue weighted by atomic mass is 16.6. The van der Waals surface area contributed by atoms with Crippen molar-refractivity contribution in [2.24, 2.45) is 0 Å². The van der Waals surface area contributed by atoms with Crippen LogP contribution in [0.3, 0.4) is 0 Å². The Morgan fingerprint density at radius 2 is 1.67 bits per heavy atom. The van der Waals surface area contributed by atoms with E-state index in [0.29, 0.717) is 12.2 Å². The lowest BCUT2D eigenvalue weighted by molar-refractivity contribution is 0.222. The van der Waals surface area contributed by atoms with Gasteiger partial charge in [-0.2, -0.15) is 0 Å². The third-order valence-electron chi connectivity index (χ3n) is 2.20. The van der Waals surface area contributed by atoms with E-state index in [9.17, 15) is 0 Å². The fourth-order valence-corrected chi connectivity index (χ4v) is 1.40. The quantitative estimate of drug-likeness (QED) is 0.537. The second kappa shape index (κ2) is 3.73. The van der Waals surface area contributed by atoms with Crippen molar-refractivity contribution in [2.45, 2.75) is 18.6 Å². The summed E-state index contributed by atoms with van der Waals surface area (Å²) in [6.07, 6.45) is 1.96. The van der Waals surface area contributed by atoms with Gasteiger partial charge in [-0.3, -0.25) is 4.90 Å². The molecule has 12 heavy (non-hydrogen) atoms. The first-order valence-electron chi connectivity index (χ1n) is 4.63. The van der Waals surface area contributed by atoms with E-state index in [0.717, 1.165) is 39.3 Å². The van der Waals surface area contributed by atoms with Crippen molar-refractivity contribution in [3.8, 4) is 0 Å². The van der Waals surface area contributed by atoms with Crippen molar-refractivity contribution < 1.29 is 9.47 Å². The Balaban J connectivity index is 1.66. The van der Waals surface area contributed by atoms with Gasteiger partial charge < -0.3 is 9.47 Å². The van der Waals surface area contributed by atoms with Crippen LogP contribution in [0.1, 0.15) is 6.42 Å². The van der Waals surface area contributed by atoms with Gasteiger partial charge in [0.15, 0.2) is 0 Å². The molecular formula is C9H16NO2. The number of hydrogen-bond acceptors (Lipinski definition) is 3. The van der Waals surface area contributed by atoms with Crippen LogP contribution in [0.15, 0.2) is 0 Å². The zero-order valence-electron chi connectivity index (χ0n) is 7.37. The number of hydrogen-bond donors (Lipinski definition) is 0. The highest BCUT2D eigenvalue weighted by Gasteiger charge is 2.29. The molecule has 0 aliphatic carbocycles. The second-order valence-electron chi connectivity index (χ2n) is 3.52. The molecular weight excluding hydrogens is 154 g/mol. The number of nitrogens with zero attached hydrogens (tertiary/aromatic N) is 1. The van der Waals surface area contributed by atoms with Crippen molar-refractivity contribution in [3.05, 3.63) is 6.92 Å². The lowest BCUT2D eigenvalue weighted by Crippen LogP contribution is -2.32. The maximum absolute atomic E-state index is 5.18. The lowest BCUT2D eigenvalue weighted by Gasteiger charge is -2.18. The lowest BCUT2D eigenvalue weighted by atomic mass is 10.3. The Labute approximate surface area is 73.6 Å². The highest BCUT2D eigenvalue weighted by Crippen LogP contribution is 2.15. The van der Waals surface area contributed by atoms with Crippen molar-refractivity contribution in [1.29, 1.82) is 0 Å². The molecule has 2 aliphatic rings. The summed E-state index contributed by atoms with van der Waals surface area (Å²) in [7, 11) is 0. The topological polar surface area (TPSA) is 28.3 Å². The first kappa shape index (κ1) is 8.48. The largest absolute Gasteiger partial charge is 0.372 e. The summed E-state index contributed by atoms with van der Waals surface area (Å²) < 4.78 is 10.4. The van der Waals surface area contributed by atoms with Crippen LogP contribution in [-0.4, -0.2) is 50.0 Å². The van der Waals surface area contributed by atoms with Gasteiger partial charge in [-0.15, -0.1) is 0 Å². The molecule has 0 aromatic rings. The number of rotatable bonds is 6. The summed E-state index contributed by atoms with van der Waals surface area (Å²) in [5, 5.41) is 0. The van der Waals surface area contributed by atoms with Crippen molar-refractivity contribution >= 4 is 0 Å². The van der Waals surface area contributed by atoms with E-state index in [2.05, 4.69) is 11.8 Å². The molecule has 0 bridgehead atoms. The number of epoxide rings is 2. The Kier molecular flexibility index (Phi) is 2.63. The molecule has 3 heteroatoms. The highest BCUT2D eigenvalue weighted by molar-refractivity contribution is 4.80. The minimum Gasteiger partial charge on any atom is -0.372 e. The molecule has 0 spiro atoms. The van der Waals surface area contributed by atoms with E-state index in [1.807, 2.05) is 0 Å². The van der Waals surface area contributed by atoms with Crippen LogP contribution in [0.4, 0.5) is 0 Å². The van der Waals surface area contributed by atoms with Crippen molar-refractivity contribution in [3.63, 3.8) is 0 Å². The average molecular weight is 170 g/mol. The van der Waals surface area contributed by atoms with Crippen LogP contribution in [0.25, 0.3) is 0 Å². The van der Waals surface area contributed by atoms with Crippen LogP contribution in [0.5, 0.6) is 0 Å². The van der Waals surface area contributed by atoms with Crippen molar-refractivity contribution in [1.82, 2.24) is 4.90 Å². The maximum atomic E-state index is 5.18. The molecule has 2 rings (SSSR count). The summed E-state index contributed by atoms with van der Waals surface area (Å²) in [4.78, 5) is 2.39.